The van der Waals surface area contributed by atoms with E-state index in [0.29, 0.717) is 40.6 Å². The van der Waals surface area contributed by atoms with Gasteiger partial charge in [0.05, 0.1) is 17.7 Å². The van der Waals surface area contributed by atoms with Crippen LogP contribution in [0.25, 0.3) is 32.6 Å². The highest BCUT2D eigenvalue weighted by atomic mass is 32.1. The van der Waals surface area contributed by atoms with Crippen LogP contribution in [0.4, 0.5) is 4.39 Å². The number of nitrogens with one attached hydrogen (secondary N) is 1. The monoisotopic (exact) mass is 421 g/mol. The maximum Gasteiger partial charge on any atom is 0.245 e. The SMILES string of the molecule is Cc1[nH]c2ccc(F)cc2c1CCOc1nc(-c2cccnc2O)nc2scnc12. The third-order valence-electron chi connectivity index (χ3n) is 4.87. The summed E-state index contributed by atoms with van der Waals surface area (Å²) in [4.78, 5) is 21.0. The molecule has 0 spiro atoms. The number of aromatic hydroxyl groups is 1. The molecule has 5 rings (SSSR count). The number of rotatable bonds is 5. The van der Waals surface area contributed by atoms with E-state index in [9.17, 15) is 9.50 Å². The Hall–Kier alpha value is -3.59. The van der Waals surface area contributed by atoms with E-state index in [0.717, 1.165) is 22.2 Å². The van der Waals surface area contributed by atoms with Gasteiger partial charge in [0.15, 0.2) is 16.2 Å². The number of hydrogen-bond donors (Lipinski definition) is 2. The summed E-state index contributed by atoms with van der Waals surface area (Å²) >= 11 is 1.36. The number of benzene rings is 1. The zero-order valence-corrected chi connectivity index (χ0v) is 16.7. The molecule has 0 aliphatic carbocycles. The number of nitrogens with zero attached hydrogens (tertiary/aromatic N) is 4. The van der Waals surface area contributed by atoms with Crippen LogP contribution in [-0.4, -0.2) is 36.6 Å². The lowest BCUT2D eigenvalue weighted by atomic mass is 10.1. The third-order valence-corrected chi connectivity index (χ3v) is 5.58. The van der Waals surface area contributed by atoms with Crippen molar-refractivity contribution in [3.05, 3.63) is 59.1 Å². The molecule has 0 aliphatic rings. The molecule has 0 amide bonds. The molecule has 0 unspecified atom stereocenters. The van der Waals surface area contributed by atoms with Crippen LogP contribution in [0.1, 0.15) is 11.3 Å². The minimum absolute atomic E-state index is 0.149. The van der Waals surface area contributed by atoms with Gasteiger partial charge in [-0.25, -0.2) is 19.3 Å². The van der Waals surface area contributed by atoms with Crippen molar-refractivity contribution in [3.8, 4) is 23.1 Å². The van der Waals surface area contributed by atoms with Crippen molar-refractivity contribution < 1.29 is 14.2 Å². The number of pyridine rings is 1. The maximum absolute atomic E-state index is 13.7. The molecule has 1 aromatic carbocycles. The van der Waals surface area contributed by atoms with Crippen molar-refractivity contribution in [1.82, 2.24) is 24.9 Å². The number of aromatic amines is 1. The van der Waals surface area contributed by atoms with Crippen LogP contribution in [0, 0.1) is 12.7 Å². The topological polar surface area (TPSA) is 96.8 Å². The highest BCUT2D eigenvalue weighted by Crippen LogP contribution is 2.31. The van der Waals surface area contributed by atoms with Gasteiger partial charge in [0, 0.05) is 29.2 Å². The van der Waals surface area contributed by atoms with Gasteiger partial charge in [-0.1, -0.05) is 0 Å². The van der Waals surface area contributed by atoms with Crippen LogP contribution in [0.15, 0.2) is 42.0 Å². The lowest BCUT2D eigenvalue weighted by molar-refractivity contribution is 0.313. The smallest absolute Gasteiger partial charge is 0.245 e. The van der Waals surface area contributed by atoms with Gasteiger partial charge in [0.2, 0.25) is 11.8 Å². The standard InChI is InChI=1S/C21H16FN5O2S/c1-11-13(15-9-12(22)4-5-16(15)25-11)6-8-29-20-17-21(30-10-24-17)27-18(26-20)14-3-2-7-23-19(14)28/h2-5,7,9-10,25H,6,8H2,1H3,(H,23,28). The number of ether oxygens (including phenoxy) is 1. The van der Waals surface area contributed by atoms with Crippen molar-refractivity contribution in [2.24, 2.45) is 0 Å². The quantitative estimate of drug-likeness (QED) is 0.436. The average Bonchev–Trinajstić information content (AvgIpc) is 3.33. The summed E-state index contributed by atoms with van der Waals surface area (Å²) in [7, 11) is 0. The molecule has 4 aromatic heterocycles. The Morgan fingerprint density at radius 3 is 2.97 bits per heavy atom. The number of aryl methyl sites for hydroxylation is 1. The van der Waals surface area contributed by atoms with Gasteiger partial charge in [0.1, 0.15) is 5.82 Å². The minimum Gasteiger partial charge on any atom is -0.493 e. The van der Waals surface area contributed by atoms with Gasteiger partial charge >= 0.3 is 0 Å². The van der Waals surface area contributed by atoms with E-state index in [-0.39, 0.29) is 11.7 Å². The molecule has 0 radical (unpaired) electrons. The molecule has 30 heavy (non-hydrogen) atoms. The summed E-state index contributed by atoms with van der Waals surface area (Å²) in [6, 6.07) is 8.10. The van der Waals surface area contributed by atoms with Crippen LogP contribution in [0.2, 0.25) is 0 Å². The van der Waals surface area contributed by atoms with Crippen LogP contribution < -0.4 is 4.74 Å². The third kappa shape index (κ3) is 3.22. The van der Waals surface area contributed by atoms with Crippen molar-refractivity contribution in [1.29, 1.82) is 0 Å². The predicted octanol–water partition coefficient (Wildman–Crippen LogP) is 4.40. The zero-order chi connectivity index (χ0) is 20.7. The zero-order valence-electron chi connectivity index (χ0n) is 15.9. The lowest BCUT2D eigenvalue weighted by Crippen LogP contribution is -2.05. The largest absolute Gasteiger partial charge is 0.493 e. The molecule has 0 aliphatic heterocycles. The van der Waals surface area contributed by atoms with E-state index >= 15 is 0 Å². The van der Waals surface area contributed by atoms with E-state index in [4.69, 9.17) is 4.74 Å². The molecule has 0 atom stereocenters. The van der Waals surface area contributed by atoms with E-state index < -0.39 is 0 Å². The second-order valence-corrected chi connectivity index (χ2v) is 7.58. The molecule has 9 heteroatoms. The Morgan fingerprint density at radius 2 is 2.10 bits per heavy atom. The van der Waals surface area contributed by atoms with Gasteiger partial charge in [-0.2, -0.15) is 4.98 Å². The first-order valence-electron chi connectivity index (χ1n) is 9.25. The Labute approximate surface area is 174 Å². The highest BCUT2D eigenvalue weighted by Gasteiger charge is 2.16. The first-order valence-corrected chi connectivity index (χ1v) is 10.1. The Kier molecular flexibility index (Phi) is 4.51. The second-order valence-electron chi connectivity index (χ2n) is 6.75. The number of fused-ring (bicyclic) bond motifs is 2. The highest BCUT2D eigenvalue weighted by molar-refractivity contribution is 7.16. The van der Waals surface area contributed by atoms with Crippen LogP contribution >= 0.6 is 11.3 Å². The molecule has 0 saturated heterocycles. The summed E-state index contributed by atoms with van der Waals surface area (Å²) in [5, 5.41) is 10.9. The molecule has 4 heterocycles. The number of aromatic nitrogens is 5. The fourth-order valence-corrected chi connectivity index (χ4v) is 4.10. The van der Waals surface area contributed by atoms with E-state index in [1.807, 2.05) is 6.92 Å². The van der Waals surface area contributed by atoms with Crippen LogP contribution in [-0.2, 0) is 6.42 Å². The minimum atomic E-state index is -0.274. The van der Waals surface area contributed by atoms with E-state index in [2.05, 4.69) is 24.9 Å². The fourth-order valence-electron chi connectivity index (χ4n) is 3.46. The van der Waals surface area contributed by atoms with Gasteiger partial charge in [-0.15, -0.1) is 11.3 Å². The molecule has 7 nitrogen and oxygen atoms in total. The molecule has 0 fully saturated rings. The first kappa shape index (κ1) is 18.4. The summed E-state index contributed by atoms with van der Waals surface area (Å²) < 4.78 is 19.7. The maximum atomic E-state index is 13.7. The van der Waals surface area contributed by atoms with Crippen molar-refractivity contribution in [2.45, 2.75) is 13.3 Å². The van der Waals surface area contributed by atoms with Gasteiger partial charge < -0.3 is 14.8 Å². The molecule has 0 saturated carbocycles. The second kappa shape index (κ2) is 7.34. The van der Waals surface area contributed by atoms with Gasteiger partial charge in [0.25, 0.3) is 0 Å². The number of halogens is 1. The van der Waals surface area contributed by atoms with Crippen molar-refractivity contribution in [2.75, 3.05) is 6.61 Å². The van der Waals surface area contributed by atoms with Gasteiger partial charge in [-0.05, 0) is 42.8 Å². The molecule has 0 bridgehead atoms. The molecule has 5 aromatic rings. The Morgan fingerprint density at radius 1 is 1.20 bits per heavy atom. The summed E-state index contributed by atoms with van der Waals surface area (Å²) in [6.07, 6.45) is 2.06. The van der Waals surface area contributed by atoms with E-state index in [1.165, 1.54) is 29.7 Å². The average molecular weight is 421 g/mol. The molecule has 150 valence electrons. The summed E-state index contributed by atoms with van der Waals surface area (Å²) in [5.41, 5.74) is 5.52. The number of H-pyrrole nitrogens is 1. The fraction of sp³-hybridized carbons (Fsp3) is 0.143. The lowest BCUT2D eigenvalue weighted by Gasteiger charge is -2.09. The van der Waals surface area contributed by atoms with Crippen LogP contribution in [0.5, 0.6) is 11.8 Å². The first-order chi connectivity index (χ1) is 14.6. The number of thiazole rings is 1. The Balaban J connectivity index is 1.45. The molecular formula is C21H16FN5O2S. The van der Waals surface area contributed by atoms with Crippen LogP contribution in [0.3, 0.4) is 0 Å². The normalized spacial score (nSPS) is 11.4. The molecule has 2 N–H and O–H groups in total. The van der Waals surface area contributed by atoms with E-state index in [1.54, 1.807) is 23.7 Å². The summed E-state index contributed by atoms with van der Waals surface area (Å²) in [6.45, 7) is 2.28. The molecular weight excluding hydrogens is 405 g/mol. The predicted molar refractivity (Wildman–Crippen MR) is 112 cm³/mol. The van der Waals surface area contributed by atoms with Gasteiger partial charge in [-0.3, -0.25) is 0 Å². The van der Waals surface area contributed by atoms with Crippen molar-refractivity contribution >= 4 is 32.6 Å². The number of hydrogen-bond acceptors (Lipinski definition) is 7. The Bertz CT molecular complexity index is 1380. The van der Waals surface area contributed by atoms with Crippen molar-refractivity contribution in [3.63, 3.8) is 0 Å². The summed E-state index contributed by atoms with van der Waals surface area (Å²) in [5.74, 6) is 0.231.